The summed E-state index contributed by atoms with van der Waals surface area (Å²) in [6.45, 7) is 0. The standard InChI is InChI=1S/C19H12O6/c20-11-4-9(5-12(21)8-11)10-6-15(23)17-16(7-10)25-19-13(18(17)24)2-1-3-14(19)22/h1-8,20-23H. The van der Waals surface area contributed by atoms with Crippen molar-refractivity contribution in [3.63, 3.8) is 0 Å². The third-order valence-electron chi connectivity index (χ3n) is 4.00. The number of aromatic hydroxyl groups is 4. The van der Waals surface area contributed by atoms with E-state index in [-0.39, 0.29) is 44.9 Å². The molecule has 0 amide bonds. The molecular weight excluding hydrogens is 324 g/mol. The highest BCUT2D eigenvalue weighted by molar-refractivity contribution is 5.97. The number of para-hydroxylation sites is 1. The molecule has 0 unspecified atom stereocenters. The topological polar surface area (TPSA) is 111 Å². The molecule has 0 aliphatic rings. The van der Waals surface area contributed by atoms with Crippen molar-refractivity contribution in [2.75, 3.05) is 0 Å². The van der Waals surface area contributed by atoms with Crippen LogP contribution < -0.4 is 5.43 Å². The van der Waals surface area contributed by atoms with Gasteiger partial charge in [0.1, 0.15) is 28.2 Å². The summed E-state index contributed by atoms with van der Waals surface area (Å²) in [6, 6.07) is 11.2. The van der Waals surface area contributed by atoms with Crippen molar-refractivity contribution in [3.05, 3.63) is 58.8 Å². The molecule has 6 nitrogen and oxygen atoms in total. The molecule has 1 aromatic heterocycles. The number of phenolic OH excluding ortho intramolecular Hbond substituents is 4. The van der Waals surface area contributed by atoms with Gasteiger partial charge in [0.15, 0.2) is 11.3 Å². The largest absolute Gasteiger partial charge is 0.508 e. The third kappa shape index (κ3) is 2.31. The molecule has 25 heavy (non-hydrogen) atoms. The number of benzene rings is 3. The van der Waals surface area contributed by atoms with E-state index >= 15 is 0 Å². The van der Waals surface area contributed by atoms with Crippen molar-refractivity contribution in [1.29, 1.82) is 0 Å². The molecule has 3 aromatic carbocycles. The zero-order chi connectivity index (χ0) is 17.7. The summed E-state index contributed by atoms with van der Waals surface area (Å²) in [6.07, 6.45) is 0. The molecule has 4 N–H and O–H groups in total. The molecule has 0 bridgehead atoms. The van der Waals surface area contributed by atoms with Crippen LogP contribution in [0.2, 0.25) is 0 Å². The van der Waals surface area contributed by atoms with Crippen LogP contribution in [0, 0.1) is 0 Å². The Bertz CT molecular complexity index is 1190. The summed E-state index contributed by atoms with van der Waals surface area (Å²) in [4.78, 5) is 12.6. The van der Waals surface area contributed by atoms with Crippen LogP contribution in [-0.4, -0.2) is 20.4 Å². The van der Waals surface area contributed by atoms with Gasteiger partial charge in [0, 0.05) is 6.07 Å². The van der Waals surface area contributed by atoms with E-state index in [0.29, 0.717) is 11.1 Å². The number of hydrogen-bond donors (Lipinski definition) is 4. The van der Waals surface area contributed by atoms with Crippen LogP contribution in [0.15, 0.2) is 57.7 Å². The number of rotatable bonds is 1. The molecule has 0 saturated carbocycles. The molecule has 0 fully saturated rings. The Morgan fingerprint density at radius 2 is 1.44 bits per heavy atom. The summed E-state index contributed by atoms with van der Waals surface area (Å²) in [5, 5.41) is 39.6. The fourth-order valence-corrected chi connectivity index (χ4v) is 2.89. The van der Waals surface area contributed by atoms with Crippen LogP contribution in [0.1, 0.15) is 0 Å². The molecule has 6 heteroatoms. The zero-order valence-electron chi connectivity index (χ0n) is 12.7. The van der Waals surface area contributed by atoms with Gasteiger partial charge in [0.2, 0.25) is 5.43 Å². The smallest absolute Gasteiger partial charge is 0.204 e. The first-order valence-corrected chi connectivity index (χ1v) is 7.39. The fourth-order valence-electron chi connectivity index (χ4n) is 2.89. The molecule has 0 saturated heterocycles. The van der Waals surface area contributed by atoms with E-state index in [2.05, 4.69) is 0 Å². The minimum absolute atomic E-state index is 0.00812. The van der Waals surface area contributed by atoms with Gasteiger partial charge < -0.3 is 24.8 Å². The van der Waals surface area contributed by atoms with Crippen molar-refractivity contribution >= 4 is 21.9 Å². The Labute approximate surface area is 140 Å². The molecule has 1 heterocycles. The fraction of sp³-hybridized carbons (Fsp3) is 0. The van der Waals surface area contributed by atoms with Crippen LogP contribution >= 0.6 is 0 Å². The van der Waals surface area contributed by atoms with Gasteiger partial charge in [-0.1, -0.05) is 6.07 Å². The summed E-state index contributed by atoms with van der Waals surface area (Å²) in [5.41, 5.74) is 0.492. The second-order valence-electron chi connectivity index (χ2n) is 5.69. The van der Waals surface area contributed by atoms with E-state index in [0.717, 1.165) is 0 Å². The highest BCUT2D eigenvalue weighted by Gasteiger charge is 2.16. The molecule has 4 rings (SSSR count). The first-order valence-electron chi connectivity index (χ1n) is 7.39. The van der Waals surface area contributed by atoms with Gasteiger partial charge in [-0.15, -0.1) is 0 Å². The SMILES string of the molecule is O=c1c2cccc(O)c2oc2cc(-c3cc(O)cc(O)c3)cc(O)c12. The van der Waals surface area contributed by atoms with E-state index in [4.69, 9.17) is 4.42 Å². The van der Waals surface area contributed by atoms with Crippen LogP contribution in [0.3, 0.4) is 0 Å². The third-order valence-corrected chi connectivity index (χ3v) is 4.00. The van der Waals surface area contributed by atoms with Gasteiger partial charge in [-0.3, -0.25) is 4.79 Å². The predicted octanol–water partition coefficient (Wildman–Crippen LogP) is 3.44. The molecule has 4 aromatic rings. The highest BCUT2D eigenvalue weighted by atomic mass is 16.4. The molecule has 0 aliphatic heterocycles. The lowest BCUT2D eigenvalue weighted by Gasteiger charge is -2.08. The summed E-state index contributed by atoms with van der Waals surface area (Å²) in [5.74, 6) is -0.773. The van der Waals surface area contributed by atoms with E-state index in [1.54, 1.807) is 0 Å². The predicted molar refractivity (Wildman–Crippen MR) is 92.1 cm³/mol. The quantitative estimate of drug-likeness (QED) is 0.396. The first kappa shape index (κ1) is 14.9. The van der Waals surface area contributed by atoms with Crippen molar-refractivity contribution in [2.24, 2.45) is 0 Å². The van der Waals surface area contributed by atoms with Crippen LogP contribution in [-0.2, 0) is 0 Å². The van der Waals surface area contributed by atoms with Gasteiger partial charge in [-0.2, -0.15) is 0 Å². The molecule has 0 aliphatic carbocycles. The van der Waals surface area contributed by atoms with Crippen molar-refractivity contribution < 1.29 is 24.8 Å². The van der Waals surface area contributed by atoms with Gasteiger partial charge in [0.25, 0.3) is 0 Å². The summed E-state index contributed by atoms with van der Waals surface area (Å²) < 4.78 is 5.63. The molecular formula is C19H12O6. The lowest BCUT2D eigenvalue weighted by atomic mass is 10.0. The minimum Gasteiger partial charge on any atom is -0.508 e. The van der Waals surface area contributed by atoms with Crippen molar-refractivity contribution in [2.45, 2.75) is 0 Å². The van der Waals surface area contributed by atoms with Crippen LogP contribution in [0.25, 0.3) is 33.1 Å². The minimum atomic E-state index is -0.463. The van der Waals surface area contributed by atoms with E-state index in [1.165, 1.54) is 48.5 Å². The Balaban J connectivity index is 2.09. The highest BCUT2D eigenvalue weighted by Crippen LogP contribution is 2.35. The Morgan fingerprint density at radius 1 is 0.760 bits per heavy atom. The van der Waals surface area contributed by atoms with Gasteiger partial charge in [0.05, 0.1) is 5.39 Å². The number of hydrogen-bond acceptors (Lipinski definition) is 6. The maximum Gasteiger partial charge on any atom is 0.204 e. The van der Waals surface area contributed by atoms with E-state index in [1.807, 2.05) is 0 Å². The van der Waals surface area contributed by atoms with E-state index < -0.39 is 5.43 Å². The molecule has 0 spiro atoms. The Kier molecular flexibility index (Phi) is 3.08. The Morgan fingerprint density at radius 3 is 2.16 bits per heavy atom. The second-order valence-corrected chi connectivity index (χ2v) is 5.69. The number of fused-ring (bicyclic) bond motifs is 2. The second kappa shape index (κ2) is 5.17. The lowest BCUT2D eigenvalue weighted by Crippen LogP contribution is -2.02. The van der Waals surface area contributed by atoms with Gasteiger partial charge in [-0.25, -0.2) is 0 Å². The summed E-state index contributed by atoms with van der Waals surface area (Å²) >= 11 is 0. The molecule has 0 atom stereocenters. The van der Waals surface area contributed by atoms with Crippen LogP contribution in [0.4, 0.5) is 0 Å². The monoisotopic (exact) mass is 336 g/mol. The van der Waals surface area contributed by atoms with Gasteiger partial charge >= 0.3 is 0 Å². The average molecular weight is 336 g/mol. The zero-order valence-corrected chi connectivity index (χ0v) is 12.7. The normalized spacial score (nSPS) is 11.2. The Hall–Kier alpha value is -3.67. The maximum absolute atomic E-state index is 12.6. The van der Waals surface area contributed by atoms with Crippen molar-refractivity contribution in [3.8, 4) is 34.1 Å². The summed E-state index contributed by atoms with van der Waals surface area (Å²) in [7, 11) is 0. The average Bonchev–Trinajstić information content (AvgIpc) is 2.54. The van der Waals surface area contributed by atoms with Gasteiger partial charge in [-0.05, 0) is 47.5 Å². The van der Waals surface area contributed by atoms with Crippen LogP contribution in [0.5, 0.6) is 23.0 Å². The molecule has 124 valence electrons. The molecule has 0 radical (unpaired) electrons. The lowest BCUT2D eigenvalue weighted by molar-refractivity contribution is 0.451. The van der Waals surface area contributed by atoms with E-state index in [9.17, 15) is 25.2 Å². The number of phenols is 4. The first-order chi connectivity index (χ1) is 11.9. The maximum atomic E-state index is 12.6. The van der Waals surface area contributed by atoms with Crippen molar-refractivity contribution in [1.82, 2.24) is 0 Å².